The fourth-order valence-electron chi connectivity index (χ4n) is 2.79. The molecule has 1 aliphatic rings. The molecule has 1 fully saturated rings. The van der Waals surface area contributed by atoms with Gasteiger partial charge in [0.15, 0.2) is 0 Å². The maximum absolute atomic E-state index is 5.56. The van der Waals surface area contributed by atoms with Crippen LogP contribution in [0.2, 0.25) is 0 Å². The summed E-state index contributed by atoms with van der Waals surface area (Å²) in [6.07, 6.45) is 1.16. The van der Waals surface area contributed by atoms with Gasteiger partial charge in [-0.2, -0.15) is 0 Å². The summed E-state index contributed by atoms with van der Waals surface area (Å²) in [6, 6.07) is 9.19. The number of nitrogens with one attached hydrogen (secondary N) is 1. The van der Waals surface area contributed by atoms with E-state index in [0.717, 1.165) is 30.8 Å². The second-order valence-corrected chi connectivity index (χ2v) is 5.89. The van der Waals surface area contributed by atoms with E-state index in [1.165, 1.54) is 0 Å². The van der Waals surface area contributed by atoms with E-state index in [9.17, 15) is 0 Å². The summed E-state index contributed by atoms with van der Waals surface area (Å²) < 4.78 is 5.56. The quantitative estimate of drug-likeness (QED) is 0.936. The molecule has 1 aromatic carbocycles. The van der Waals surface area contributed by atoms with Crippen molar-refractivity contribution < 1.29 is 4.42 Å². The highest BCUT2D eigenvalue weighted by molar-refractivity contribution is 5.72. The molecule has 1 unspecified atom stereocenters. The Balaban J connectivity index is 1.77. The van der Waals surface area contributed by atoms with E-state index in [1.54, 1.807) is 0 Å². The normalized spacial score (nSPS) is 19.3. The Kier molecular flexibility index (Phi) is 3.92. The number of hydrogen-bond acceptors (Lipinski definition) is 5. The van der Waals surface area contributed by atoms with Crippen molar-refractivity contribution in [3.8, 4) is 11.5 Å². The summed E-state index contributed by atoms with van der Waals surface area (Å²) in [5.74, 6) is 1.17. The van der Waals surface area contributed by atoms with Gasteiger partial charge in [-0.25, -0.2) is 0 Å². The van der Waals surface area contributed by atoms with Crippen molar-refractivity contribution in [2.24, 2.45) is 0 Å². The van der Waals surface area contributed by atoms with Gasteiger partial charge in [0.1, 0.15) is 0 Å². The van der Waals surface area contributed by atoms with Gasteiger partial charge in [-0.3, -0.25) is 4.90 Å². The molecular formula is C16H22N4O. The van der Waals surface area contributed by atoms with Crippen molar-refractivity contribution in [3.63, 3.8) is 0 Å². The molecule has 3 rings (SSSR count). The average molecular weight is 286 g/mol. The largest absolute Gasteiger partial charge is 0.421 e. The van der Waals surface area contributed by atoms with E-state index < -0.39 is 0 Å². The van der Waals surface area contributed by atoms with Crippen LogP contribution in [0.1, 0.15) is 26.2 Å². The molecule has 1 saturated heterocycles. The number of para-hydroxylation sites is 1. The lowest BCUT2D eigenvalue weighted by molar-refractivity contribution is 0.274. The van der Waals surface area contributed by atoms with Gasteiger partial charge >= 0.3 is 0 Å². The van der Waals surface area contributed by atoms with E-state index >= 15 is 0 Å². The summed E-state index contributed by atoms with van der Waals surface area (Å²) in [4.78, 5) is 2.50. The van der Waals surface area contributed by atoms with Crippen LogP contribution in [0.25, 0.3) is 11.5 Å². The van der Waals surface area contributed by atoms with Crippen molar-refractivity contribution in [2.75, 3.05) is 18.4 Å². The van der Waals surface area contributed by atoms with Gasteiger partial charge in [0, 0.05) is 37.8 Å². The Morgan fingerprint density at radius 1 is 1.29 bits per heavy atom. The molecule has 5 heteroatoms. The van der Waals surface area contributed by atoms with E-state index in [0.29, 0.717) is 23.9 Å². The predicted octanol–water partition coefficient (Wildman–Crippen LogP) is 2.94. The lowest BCUT2D eigenvalue weighted by Gasteiger charge is -2.21. The zero-order valence-corrected chi connectivity index (χ0v) is 12.8. The molecule has 0 aliphatic carbocycles. The molecule has 1 N–H and O–H groups in total. The Morgan fingerprint density at radius 2 is 2.10 bits per heavy atom. The van der Waals surface area contributed by atoms with Gasteiger partial charge in [0.25, 0.3) is 0 Å². The first-order chi connectivity index (χ1) is 10.1. The standard InChI is InChI=1S/C16H22N4O/c1-11(2)20-9-8-13(10-20)17-15-7-5-4-6-14(15)16-19-18-12(3)21-16/h4-7,11,13,17H,8-10H2,1-3H3. The Hall–Kier alpha value is -1.88. The minimum absolute atomic E-state index is 0.470. The topological polar surface area (TPSA) is 54.2 Å². The molecule has 0 saturated carbocycles. The molecule has 1 aliphatic heterocycles. The molecule has 112 valence electrons. The number of anilines is 1. The SMILES string of the molecule is Cc1nnc(-c2ccccc2NC2CCN(C(C)C)C2)o1. The first kappa shape index (κ1) is 14.1. The predicted molar refractivity (Wildman–Crippen MR) is 83.2 cm³/mol. The van der Waals surface area contributed by atoms with Crippen LogP contribution in [0.4, 0.5) is 5.69 Å². The zero-order valence-electron chi connectivity index (χ0n) is 12.8. The van der Waals surface area contributed by atoms with Gasteiger partial charge in [-0.15, -0.1) is 10.2 Å². The lowest BCUT2D eigenvalue weighted by atomic mass is 10.1. The molecule has 21 heavy (non-hydrogen) atoms. The molecule has 2 aromatic rings. The van der Waals surface area contributed by atoms with Crippen LogP contribution < -0.4 is 5.32 Å². The third kappa shape index (κ3) is 3.08. The fourth-order valence-corrected chi connectivity index (χ4v) is 2.79. The average Bonchev–Trinajstić information content (AvgIpc) is 3.09. The number of aryl methyl sites for hydroxylation is 1. The molecule has 0 amide bonds. The molecule has 1 aromatic heterocycles. The van der Waals surface area contributed by atoms with E-state index in [-0.39, 0.29) is 0 Å². The third-order valence-corrected chi connectivity index (χ3v) is 3.99. The van der Waals surface area contributed by atoms with Crippen LogP contribution in [-0.2, 0) is 0 Å². The summed E-state index contributed by atoms with van der Waals surface area (Å²) in [5.41, 5.74) is 2.04. The first-order valence-electron chi connectivity index (χ1n) is 7.53. The van der Waals surface area contributed by atoms with Crippen LogP contribution in [0.3, 0.4) is 0 Å². The van der Waals surface area contributed by atoms with Gasteiger partial charge in [-0.1, -0.05) is 12.1 Å². The minimum atomic E-state index is 0.470. The molecule has 1 atom stereocenters. The van der Waals surface area contributed by atoms with Gasteiger partial charge in [0.2, 0.25) is 11.8 Å². The van der Waals surface area contributed by atoms with Crippen molar-refractivity contribution in [3.05, 3.63) is 30.2 Å². The van der Waals surface area contributed by atoms with Crippen molar-refractivity contribution in [1.82, 2.24) is 15.1 Å². The van der Waals surface area contributed by atoms with Crippen molar-refractivity contribution >= 4 is 5.69 Å². The molecule has 5 nitrogen and oxygen atoms in total. The van der Waals surface area contributed by atoms with Crippen molar-refractivity contribution in [2.45, 2.75) is 39.3 Å². The highest BCUT2D eigenvalue weighted by atomic mass is 16.4. The molecule has 0 spiro atoms. The smallest absolute Gasteiger partial charge is 0.249 e. The maximum Gasteiger partial charge on any atom is 0.249 e. The molecule has 0 radical (unpaired) electrons. The van der Waals surface area contributed by atoms with Gasteiger partial charge in [0.05, 0.1) is 5.56 Å². The number of rotatable bonds is 4. The van der Waals surface area contributed by atoms with Crippen LogP contribution in [0.5, 0.6) is 0 Å². The van der Waals surface area contributed by atoms with E-state index in [4.69, 9.17) is 4.42 Å². The van der Waals surface area contributed by atoms with Crippen LogP contribution in [0.15, 0.2) is 28.7 Å². The Labute approximate surface area is 125 Å². The fraction of sp³-hybridized carbons (Fsp3) is 0.500. The minimum Gasteiger partial charge on any atom is -0.421 e. The van der Waals surface area contributed by atoms with Crippen LogP contribution in [0, 0.1) is 6.92 Å². The first-order valence-corrected chi connectivity index (χ1v) is 7.53. The number of benzene rings is 1. The van der Waals surface area contributed by atoms with E-state index in [1.807, 2.05) is 25.1 Å². The summed E-state index contributed by atoms with van der Waals surface area (Å²) in [5, 5.41) is 11.7. The van der Waals surface area contributed by atoms with Gasteiger partial charge < -0.3 is 9.73 Å². The summed E-state index contributed by atoms with van der Waals surface area (Å²) in [7, 11) is 0. The molecule has 0 bridgehead atoms. The molecular weight excluding hydrogens is 264 g/mol. The maximum atomic E-state index is 5.56. The third-order valence-electron chi connectivity index (χ3n) is 3.99. The lowest BCUT2D eigenvalue weighted by Crippen LogP contribution is -2.31. The summed E-state index contributed by atoms with van der Waals surface area (Å²) in [6.45, 7) is 8.53. The number of nitrogens with zero attached hydrogens (tertiary/aromatic N) is 3. The highest BCUT2D eigenvalue weighted by Crippen LogP contribution is 2.28. The Morgan fingerprint density at radius 3 is 2.76 bits per heavy atom. The molecule has 2 heterocycles. The number of aromatic nitrogens is 2. The second-order valence-electron chi connectivity index (χ2n) is 5.89. The zero-order chi connectivity index (χ0) is 14.8. The second kappa shape index (κ2) is 5.85. The van der Waals surface area contributed by atoms with E-state index in [2.05, 4.69) is 40.3 Å². The Bertz CT molecular complexity index is 608. The number of likely N-dealkylation sites (tertiary alicyclic amines) is 1. The highest BCUT2D eigenvalue weighted by Gasteiger charge is 2.24. The number of hydrogen-bond donors (Lipinski definition) is 1. The van der Waals surface area contributed by atoms with Crippen molar-refractivity contribution in [1.29, 1.82) is 0 Å². The van der Waals surface area contributed by atoms with Gasteiger partial charge in [-0.05, 0) is 32.4 Å². The summed E-state index contributed by atoms with van der Waals surface area (Å²) >= 11 is 0. The van der Waals surface area contributed by atoms with Crippen LogP contribution in [-0.4, -0.2) is 40.3 Å². The van der Waals surface area contributed by atoms with Crippen LogP contribution >= 0.6 is 0 Å². The monoisotopic (exact) mass is 286 g/mol.